The Balaban J connectivity index is 1.49. The second kappa shape index (κ2) is 13.4. The molecule has 3 aromatic rings. The molecule has 0 heterocycles. The molecule has 0 saturated heterocycles. The molecule has 3 amide bonds. The van der Waals surface area contributed by atoms with Crippen molar-refractivity contribution in [3.63, 3.8) is 0 Å². The number of amides is 3. The fraction of sp³-hybridized carbons (Fsp3) is 0.185. The summed E-state index contributed by atoms with van der Waals surface area (Å²) in [4.78, 5) is 36.4. The van der Waals surface area contributed by atoms with Crippen molar-refractivity contribution in [2.45, 2.75) is 26.3 Å². The molecule has 0 radical (unpaired) electrons. The van der Waals surface area contributed by atoms with Crippen molar-refractivity contribution in [2.24, 2.45) is 5.10 Å². The quantitative estimate of drug-likeness (QED) is 0.203. The zero-order valence-electron chi connectivity index (χ0n) is 20.3. The van der Waals surface area contributed by atoms with Crippen LogP contribution in [-0.2, 0) is 20.9 Å². The van der Waals surface area contributed by atoms with Crippen molar-refractivity contribution in [1.82, 2.24) is 10.7 Å². The molecule has 0 aliphatic carbocycles. The molecule has 0 unspecified atom stereocenters. The number of carbonyl (C=O) groups excluding carboxylic acids is 3. The molecule has 10 heteroatoms. The van der Waals surface area contributed by atoms with Crippen LogP contribution in [0, 0.1) is 0 Å². The van der Waals surface area contributed by atoms with Gasteiger partial charge in [-0.15, -0.1) is 0 Å². The first-order valence-electron chi connectivity index (χ1n) is 11.4. The lowest BCUT2D eigenvalue weighted by Gasteiger charge is -2.11. The number of nitrogens with one attached hydrogen (secondary N) is 3. The standard InChI is InChI=1S/C27H26Cl2N4O4/c1-17(2)19-12-10-18(11-13-19)14-30-26(35)27(36)33-31-15-20-6-3-4-9-23(20)37-16-24(34)32-22-8-5-7-21(28)25(22)29/h3-13,15,17H,14,16H2,1-2H3,(H,30,35)(H,32,34)(H,33,36)/b31-15-. The van der Waals surface area contributed by atoms with Gasteiger partial charge in [-0.1, -0.05) is 79.5 Å². The Bertz CT molecular complexity index is 1290. The van der Waals surface area contributed by atoms with Gasteiger partial charge in [0.15, 0.2) is 6.61 Å². The Morgan fingerprint density at radius 1 is 0.946 bits per heavy atom. The summed E-state index contributed by atoms with van der Waals surface area (Å²) in [5.74, 6) is -1.41. The van der Waals surface area contributed by atoms with Gasteiger partial charge in [-0.3, -0.25) is 14.4 Å². The van der Waals surface area contributed by atoms with E-state index in [1.165, 1.54) is 11.8 Å². The summed E-state index contributed by atoms with van der Waals surface area (Å²) < 4.78 is 5.59. The molecule has 0 aliphatic heterocycles. The first kappa shape index (κ1) is 27.7. The average molecular weight is 541 g/mol. The van der Waals surface area contributed by atoms with Crippen LogP contribution < -0.4 is 20.8 Å². The Hall–Kier alpha value is -3.88. The molecule has 0 fully saturated rings. The van der Waals surface area contributed by atoms with Gasteiger partial charge in [0.25, 0.3) is 5.91 Å². The summed E-state index contributed by atoms with van der Waals surface area (Å²) in [5, 5.41) is 9.56. The van der Waals surface area contributed by atoms with Crippen LogP contribution >= 0.6 is 23.2 Å². The molecule has 3 N–H and O–H groups in total. The van der Waals surface area contributed by atoms with E-state index in [9.17, 15) is 14.4 Å². The number of rotatable bonds is 9. The molecule has 0 aliphatic rings. The van der Waals surface area contributed by atoms with E-state index in [1.807, 2.05) is 24.3 Å². The maximum absolute atomic E-state index is 12.3. The number of nitrogens with zero attached hydrogens (tertiary/aromatic N) is 1. The van der Waals surface area contributed by atoms with Gasteiger partial charge < -0.3 is 15.4 Å². The maximum atomic E-state index is 12.3. The molecule has 37 heavy (non-hydrogen) atoms. The Morgan fingerprint density at radius 3 is 2.41 bits per heavy atom. The Morgan fingerprint density at radius 2 is 1.68 bits per heavy atom. The predicted molar refractivity (Wildman–Crippen MR) is 145 cm³/mol. The van der Waals surface area contributed by atoms with Crippen LogP contribution in [-0.4, -0.2) is 30.5 Å². The molecule has 3 aromatic carbocycles. The van der Waals surface area contributed by atoms with E-state index in [2.05, 4.69) is 35.0 Å². The monoisotopic (exact) mass is 540 g/mol. The molecule has 0 aromatic heterocycles. The summed E-state index contributed by atoms with van der Waals surface area (Å²) >= 11 is 12.0. The number of benzene rings is 3. The summed E-state index contributed by atoms with van der Waals surface area (Å²) in [6.45, 7) is 4.11. The number of halogens is 2. The summed E-state index contributed by atoms with van der Waals surface area (Å²) in [6.07, 6.45) is 1.32. The fourth-order valence-corrected chi connectivity index (χ4v) is 3.49. The molecule has 0 atom stereocenters. The molecule has 0 saturated carbocycles. The minimum absolute atomic E-state index is 0.216. The second-order valence-corrected chi connectivity index (χ2v) is 9.04. The molecule has 0 bridgehead atoms. The highest BCUT2D eigenvalue weighted by molar-refractivity contribution is 6.44. The van der Waals surface area contributed by atoms with Crippen molar-refractivity contribution < 1.29 is 19.1 Å². The number of hydrogen-bond donors (Lipinski definition) is 3. The van der Waals surface area contributed by atoms with Crippen LogP contribution in [0.15, 0.2) is 71.8 Å². The highest BCUT2D eigenvalue weighted by atomic mass is 35.5. The largest absolute Gasteiger partial charge is 0.483 e. The third-order valence-electron chi connectivity index (χ3n) is 5.18. The van der Waals surface area contributed by atoms with Crippen LogP contribution in [0.2, 0.25) is 10.0 Å². The normalized spacial score (nSPS) is 10.8. The first-order chi connectivity index (χ1) is 17.7. The van der Waals surface area contributed by atoms with Gasteiger partial charge in [-0.05, 0) is 41.3 Å². The molecule has 8 nitrogen and oxygen atoms in total. The third kappa shape index (κ3) is 8.34. The summed E-state index contributed by atoms with van der Waals surface area (Å²) in [6, 6.07) is 19.5. The van der Waals surface area contributed by atoms with Gasteiger partial charge in [-0.25, -0.2) is 5.43 Å². The number of para-hydroxylation sites is 1. The SMILES string of the molecule is CC(C)c1ccc(CNC(=O)C(=O)N/N=C\c2ccccc2OCC(=O)Nc2cccc(Cl)c2Cl)cc1. The van der Waals surface area contributed by atoms with Crippen molar-refractivity contribution in [3.8, 4) is 5.75 Å². The Labute approximate surface area is 225 Å². The maximum Gasteiger partial charge on any atom is 0.329 e. The van der Waals surface area contributed by atoms with E-state index in [-0.39, 0.29) is 18.2 Å². The van der Waals surface area contributed by atoms with Crippen LogP contribution in [0.3, 0.4) is 0 Å². The molecule has 3 rings (SSSR count). The van der Waals surface area contributed by atoms with Crippen LogP contribution in [0.1, 0.15) is 36.5 Å². The number of hydrazone groups is 1. The van der Waals surface area contributed by atoms with Crippen LogP contribution in [0.4, 0.5) is 5.69 Å². The smallest absolute Gasteiger partial charge is 0.329 e. The van der Waals surface area contributed by atoms with E-state index in [1.54, 1.807) is 42.5 Å². The summed E-state index contributed by atoms with van der Waals surface area (Å²) in [5.41, 5.74) is 5.11. The Kier molecular flexibility index (Phi) is 10.1. The minimum atomic E-state index is -0.911. The topological polar surface area (TPSA) is 109 Å². The number of ether oxygens (including phenoxy) is 1. The van der Waals surface area contributed by atoms with Crippen molar-refractivity contribution in [2.75, 3.05) is 11.9 Å². The molecule has 192 valence electrons. The number of anilines is 1. The van der Waals surface area contributed by atoms with E-state index >= 15 is 0 Å². The highest BCUT2D eigenvalue weighted by Gasteiger charge is 2.13. The minimum Gasteiger partial charge on any atom is -0.483 e. The van der Waals surface area contributed by atoms with Crippen molar-refractivity contribution in [1.29, 1.82) is 0 Å². The van der Waals surface area contributed by atoms with Crippen molar-refractivity contribution >= 4 is 52.8 Å². The van der Waals surface area contributed by atoms with Gasteiger partial charge in [-0.2, -0.15) is 5.10 Å². The lowest BCUT2D eigenvalue weighted by molar-refractivity contribution is -0.139. The molecule has 0 spiro atoms. The van der Waals surface area contributed by atoms with Gasteiger partial charge in [0.05, 0.1) is 21.9 Å². The van der Waals surface area contributed by atoms with Gasteiger partial charge in [0.1, 0.15) is 5.75 Å². The van der Waals surface area contributed by atoms with Gasteiger partial charge in [0.2, 0.25) is 0 Å². The van der Waals surface area contributed by atoms with Gasteiger partial charge in [0, 0.05) is 12.1 Å². The number of hydrogen-bond acceptors (Lipinski definition) is 5. The van der Waals surface area contributed by atoms with Crippen LogP contribution in [0.5, 0.6) is 5.75 Å². The van der Waals surface area contributed by atoms with Gasteiger partial charge >= 0.3 is 11.8 Å². The van der Waals surface area contributed by atoms with E-state index < -0.39 is 17.7 Å². The fourth-order valence-electron chi connectivity index (χ4n) is 3.14. The van der Waals surface area contributed by atoms with E-state index in [0.29, 0.717) is 27.9 Å². The number of carbonyl (C=O) groups is 3. The lowest BCUT2D eigenvalue weighted by Crippen LogP contribution is -2.37. The van der Waals surface area contributed by atoms with Crippen LogP contribution in [0.25, 0.3) is 0 Å². The van der Waals surface area contributed by atoms with E-state index in [0.717, 1.165) is 5.56 Å². The predicted octanol–water partition coefficient (Wildman–Crippen LogP) is 4.90. The lowest BCUT2D eigenvalue weighted by atomic mass is 10.0. The third-order valence-corrected chi connectivity index (χ3v) is 6.00. The second-order valence-electron chi connectivity index (χ2n) is 8.25. The highest BCUT2D eigenvalue weighted by Crippen LogP contribution is 2.29. The molecular formula is C27H26Cl2N4O4. The molecular weight excluding hydrogens is 515 g/mol. The zero-order chi connectivity index (χ0) is 26.8. The first-order valence-corrected chi connectivity index (χ1v) is 12.2. The van der Waals surface area contributed by atoms with E-state index in [4.69, 9.17) is 27.9 Å². The van der Waals surface area contributed by atoms with Crippen molar-refractivity contribution in [3.05, 3.63) is 93.5 Å². The average Bonchev–Trinajstić information content (AvgIpc) is 2.89. The zero-order valence-corrected chi connectivity index (χ0v) is 21.8. The summed E-state index contributed by atoms with van der Waals surface area (Å²) in [7, 11) is 0.